The van der Waals surface area contributed by atoms with Crippen LogP contribution in [0.25, 0.3) is 0 Å². The fourth-order valence-electron chi connectivity index (χ4n) is 2.47. The Balaban J connectivity index is 2.26. The van der Waals surface area contributed by atoms with Gasteiger partial charge < -0.3 is 5.11 Å². The van der Waals surface area contributed by atoms with E-state index in [4.69, 9.17) is 5.11 Å². The lowest BCUT2D eigenvalue weighted by Gasteiger charge is -2.04. The first-order valence-electron chi connectivity index (χ1n) is 8.61. The van der Waals surface area contributed by atoms with Gasteiger partial charge in [-0.15, -0.1) is 0 Å². The van der Waals surface area contributed by atoms with Crippen LogP contribution in [0.1, 0.15) is 58.3 Å². The van der Waals surface area contributed by atoms with E-state index >= 15 is 0 Å². The van der Waals surface area contributed by atoms with Gasteiger partial charge in [-0.05, 0) is 38.5 Å². The predicted molar refractivity (Wildman–Crippen MR) is 94.2 cm³/mol. The molecule has 1 aliphatic rings. The monoisotopic (exact) mass is 316 g/mol. The molecule has 0 aromatic carbocycles. The third-order valence-corrected chi connectivity index (χ3v) is 3.81. The largest absolute Gasteiger partial charge is 0.481 e. The summed E-state index contributed by atoms with van der Waals surface area (Å²) < 4.78 is 0. The van der Waals surface area contributed by atoms with E-state index in [0.717, 1.165) is 37.7 Å². The molecule has 1 aliphatic carbocycles. The highest BCUT2D eigenvalue weighted by molar-refractivity contribution is 6.03. The number of hydrogen-bond donors (Lipinski definition) is 1. The Labute approximate surface area is 139 Å². The molecule has 3 heteroatoms. The SMILES string of the molecule is CCCC=CCCCC1C=CC(=CC=CCCCC(=O)O)C1=O. The van der Waals surface area contributed by atoms with Crippen LogP contribution in [-0.4, -0.2) is 16.9 Å². The smallest absolute Gasteiger partial charge is 0.303 e. The van der Waals surface area contributed by atoms with Crippen LogP contribution >= 0.6 is 0 Å². The van der Waals surface area contributed by atoms with Gasteiger partial charge in [-0.1, -0.05) is 55.9 Å². The average Bonchev–Trinajstić information content (AvgIpc) is 2.87. The Bertz CT molecular complexity index is 495. The number of carboxylic acids is 1. The summed E-state index contributed by atoms with van der Waals surface area (Å²) in [6.45, 7) is 2.17. The van der Waals surface area contributed by atoms with Crippen LogP contribution < -0.4 is 0 Å². The molecule has 0 aromatic heterocycles. The van der Waals surface area contributed by atoms with Crippen molar-refractivity contribution in [3.8, 4) is 0 Å². The Kier molecular flexibility index (Phi) is 9.69. The van der Waals surface area contributed by atoms with Gasteiger partial charge in [0.2, 0.25) is 0 Å². The topological polar surface area (TPSA) is 54.4 Å². The van der Waals surface area contributed by atoms with E-state index in [1.165, 1.54) is 6.42 Å². The average molecular weight is 316 g/mol. The second-order valence-electron chi connectivity index (χ2n) is 5.86. The summed E-state index contributed by atoms with van der Waals surface area (Å²) >= 11 is 0. The van der Waals surface area contributed by atoms with Crippen LogP contribution in [0.4, 0.5) is 0 Å². The first-order valence-corrected chi connectivity index (χ1v) is 8.61. The number of ketones is 1. The maximum atomic E-state index is 12.2. The van der Waals surface area contributed by atoms with E-state index in [-0.39, 0.29) is 18.1 Å². The third kappa shape index (κ3) is 8.34. The minimum atomic E-state index is -0.766. The van der Waals surface area contributed by atoms with E-state index < -0.39 is 5.97 Å². The number of carboxylic acid groups (broad SMARTS) is 1. The second-order valence-corrected chi connectivity index (χ2v) is 5.86. The maximum Gasteiger partial charge on any atom is 0.303 e. The zero-order valence-electron chi connectivity index (χ0n) is 14.0. The predicted octanol–water partition coefficient (Wildman–Crippen LogP) is 5.01. The van der Waals surface area contributed by atoms with Crippen molar-refractivity contribution in [3.05, 3.63) is 48.1 Å². The maximum absolute atomic E-state index is 12.2. The number of Topliss-reactive ketones (excluding diaryl/α,β-unsaturated/α-hetero) is 1. The van der Waals surface area contributed by atoms with Crippen LogP contribution in [-0.2, 0) is 9.59 Å². The van der Waals surface area contributed by atoms with Crippen LogP contribution in [0.5, 0.6) is 0 Å². The van der Waals surface area contributed by atoms with E-state index in [0.29, 0.717) is 6.42 Å². The number of carbonyl (C=O) groups is 2. The molecule has 0 radical (unpaired) electrons. The molecule has 1 N–H and O–H groups in total. The van der Waals surface area contributed by atoms with Crippen LogP contribution in [0, 0.1) is 5.92 Å². The number of allylic oxidation sites excluding steroid dienone is 8. The third-order valence-electron chi connectivity index (χ3n) is 3.81. The van der Waals surface area contributed by atoms with Crippen LogP contribution in [0.3, 0.4) is 0 Å². The van der Waals surface area contributed by atoms with Gasteiger partial charge in [-0.2, -0.15) is 0 Å². The van der Waals surface area contributed by atoms with Gasteiger partial charge in [0.1, 0.15) is 0 Å². The fourth-order valence-corrected chi connectivity index (χ4v) is 2.47. The lowest BCUT2D eigenvalue weighted by atomic mass is 9.98. The van der Waals surface area contributed by atoms with Gasteiger partial charge >= 0.3 is 5.97 Å². The number of aliphatic carboxylic acids is 1. The van der Waals surface area contributed by atoms with E-state index in [1.807, 2.05) is 30.4 Å². The highest BCUT2D eigenvalue weighted by Crippen LogP contribution is 2.23. The van der Waals surface area contributed by atoms with E-state index in [1.54, 1.807) is 0 Å². The van der Waals surface area contributed by atoms with Crippen molar-refractivity contribution in [2.45, 2.75) is 58.3 Å². The van der Waals surface area contributed by atoms with Crippen LogP contribution in [0.15, 0.2) is 48.1 Å². The molecule has 126 valence electrons. The standard InChI is InChI=1S/C20H28O3/c1-2-3-4-5-6-9-12-17-15-16-18(20(17)23)13-10-7-8-11-14-19(21)22/h4-5,7,10,13,15-17H,2-3,6,8-9,11-12,14H2,1H3,(H,21,22). The number of hydrogen-bond acceptors (Lipinski definition) is 2. The van der Waals surface area contributed by atoms with Crippen molar-refractivity contribution in [3.63, 3.8) is 0 Å². The minimum Gasteiger partial charge on any atom is -0.481 e. The molecule has 0 aromatic rings. The molecule has 0 saturated heterocycles. The van der Waals surface area contributed by atoms with Gasteiger partial charge in [-0.25, -0.2) is 0 Å². The molecule has 0 fully saturated rings. The molecular weight excluding hydrogens is 288 g/mol. The quantitative estimate of drug-likeness (QED) is 0.331. The molecule has 0 amide bonds. The van der Waals surface area contributed by atoms with Crippen LogP contribution in [0.2, 0.25) is 0 Å². The summed E-state index contributed by atoms with van der Waals surface area (Å²) in [5.74, 6) is -0.531. The molecule has 0 saturated carbocycles. The van der Waals surface area contributed by atoms with Gasteiger partial charge in [-0.3, -0.25) is 9.59 Å². The summed E-state index contributed by atoms with van der Waals surface area (Å²) in [6, 6.07) is 0. The number of carbonyl (C=O) groups excluding carboxylic acids is 1. The number of unbranched alkanes of at least 4 members (excludes halogenated alkanes) is 3. The zero-order valence-corrected chi connectivity index (χ0v) is 14.0. The van der Waals surface area contributed by atoms with Crippen molar-refractivity contribution in [1.29, 1.82) is 0 Å². The van der Waals surface area contributed by atoms with Gasteiger partial charge in [0, 0.05) is 17.9 Å². The van der Waals surface area contributed by atoms with Crippen molar-refractivity contribution in [1.82, 2.24) is 0 Å². The molecule has 0 bridgehead atoms. The Morgan fingerprint density at radius 3 is 2.65 bits per heavy atom. The molecule has 1 rings (SSSR count). The van der Waals surface area contributed by atoms with Gasteiger partial charge in [0.15, 0.2) is 5.78 Å². The summed E-state index contributed by atoms with van der Waals surface area (Å²) in [5, 5.41) is 8.54. The summed E-state index contributed by atoms with van der Waals surface area (Å²) in [4.78, 5) is 22.6. The minimum absolute atomic E-state index is 0.0289. The zero-order chi connectivity index (χ0) is 16.9. The van der Waals surface area contributed by atoms with E-state index in [2.05, 4.69) is 19.1 Å². The Hall–Kier alpha value is -1.90. The molecule has 0 spiro atoms. The Morgan fingerprint density at radius 1 is 1.17 bits per heavy atom. The normalized spacial score (nSPS) is 19.6. The molecule has 3 nitrogen and oxygen atoms in total. The number of rotatable bonds is 11. The molecule has 23 heavy (non-hydrogen) atoms. The van der Waals surface area contributed by atoms with Crippen molar-refractivity contribution < 1.29 is 14.7 Å². The lowest BCUT2D eigenvalue weighted by molar-refractivity contribution is -0.137. The molecule has 1 unspecified atom stereocenters. The van der Waals surface area contributed by atoms with Gasteiger partial charge in [0.05, 0.1) is 0 Å². The molecule has 1 atom stereocenters. The second kappa shape index (κ2) is 11.6. The highest BCUT2D eigenvalue weighted by Gasteiger charge is 2.22. The Morgan fingerprint density at radius 2 is 1.91 bits per heavy atom. The fraction of sp³-hybridized carbons (Fsp3) is 0.500. The molecule has 0 heterocycles. The van der Waals surface area contributed by atoms with E-state index in [9.17, 15) is 9.59 Å². The first kappa shape index (κ1) is 19.1. The molecular formula is C20H28O3. The molecule has 0 aliphatic heterocycles. The van der Waals surface area contributed by atoms with Crippen molar-refractivity contribution in [2.24, 2.45) is 5.92 Å². The first-order chi connectivity index (χ1) is 11.1. The summed E-state index contributed by atoms with van der Waals surface area (Å²) in [6.07, 6.45) is 20.8. The summed E-state index contributed by atoms with van der Waals surface area (Å²) in [7, 11) is 0. The van der Waals surface area contributed by atoms with Gasteiger partial charge in [0.25, 0.3) is 0 Å². The summed E-state index contributed by atoms with van der Waals surface area (Å²) in [5.41, 5.74) is 0.756. The van der Waals surface area contributed by atoms with Crippen molar-refractivity contribution >= 4 is 11.8 Å². The van der Waals surface area contributed by atoms with Crippen molar-refractivity contribution in [2.75, 3.05) is 0 Å². The lowest BCUT2D eigenvalue weighted by Crippen LogP contribution is -2.08. The highest BCUT2D eigenvalue weighted by atomic mass is 16.4.